The Morgan fingerprint density at radius 3 is 2.44 bits per heavy atom. The highest BCUT2D eigenvalue weighted by atomic mass is 19.1. The Morgan fingerprint density at radius 1 is 1.17 bits per heavy atom. The number of aromatic amines is 1. The molecule has 2 aromatic rings. The van der Waals surface area contributed by atoms with Gasteiger partial charge in [-0.25, -0.2) is 9.37 Å². The van der Waals surface area contributed by atoms with E-state index in [4.69, 9.17) is 0 Å². The molecule has 1 N–H and O–H groups in total. The van der Waals surface area contributed by atoms with Crippen molar-refractivity contribution in [1.29, 1.82) is 0 Å². The van der Waals surface area contributed by atoms with Gasteiger partial charge in [-0.15, -0.1) is 0 Å². The molecule has 0 aliphatic carbocycles. The van der Waals surface area contributed by atoms with Crippen LogP contribution in [-0.2, 0) is 12.8 Å². The summed E-state index contributed by atoms with van der Waals surface area (Å²) in [5.41, 5.74) is 2.35. The van der Waals surface area contributed by atoms with Crippen LogP contribution in [0.1, 0.15) is 22.6 Å². The van der Waals surface area contributed by atoms with E-state index < -0.39 is 0 Å². The Balaban J connectivity index is 2.11. The summed E-state index contributed by atoms with van der Waals surface area (Å²) in [4.78, 5) is 18.7. The number of nitrogens with one attached hydrogen (secondary N) is 1. The maximum atomic E-state index is 12.7. The summed E-state index contributed by atoms with van der Waals surface area (Å²) in [6.07, 6.45) is 1.37. The van der Waals surface area contributed by atoms with Crippen LogP contribution in [0, 0.1) is 19.7 Å². The number of H-pyrrole nitrogens is 1. The van der Waals surface area contributed by atoms with Crippen molar-refractivity contribution in [3.63, 3.8) is 0 Å². The molecule has 2 rings (SSSR count). The van der Waals surface area contributed by atoms with Crippen LogP contribution >= 0.6 is 0 Å². The molecular formula is C14H15FN2O. The minimum atomic E-state index is -0.239. The van der Waals surface area contributed by atoms with Crippen LogP contribution in [0.3, 0.4) is 0 Å². The second-order valence-electron chi connectivity index (χ2n) is 4.35. The highest BCUT2D eigenvalue weighted by Gasteiger charge is 2.04. The van der Waals surface area contributed by atoms with Crippen LogP contribution in [0.25, 0.3) is 0 Å². The van der Waals surface area contributed by atoms with Crippen LogP contribution < -0.4 is 5.56 Å². The Labute approximate surface area is 105 Å². The summed E-state index contributed by atoms with van der Waals surface area (Å²) in [7, 11) is 0. The average Bonchev–Trinajstić information content (AvgIpc) is 2.35. The van der Waals surface area contributed by atoms with E-state index in [1.165, 1.54) is 12.1 Å². The second-order valence-corrected chi connectivity index (χ2v) is 4.35. The SMILES string of the molecule is Cc1nc(CCc2ccc(F)cc2)[nH]c(=O)c1C. The van der Waals surface area contributed by atoms with Crippen molar-refractivity contribution in [3.05, 3.63) is 63.1 Å². The molecule has 0 radical (unpaired) electrons. The molecule has 0 saturated heterocycles. The monoisotopic (exact) mass is 246 g/mol. The fourth-order valence-electron chi connectivity index (χ4n) is 1.74. The number of rotatable bonds is 3. The van der Waals surface area contributed by atoms with Crippen molar-refractivity contribution in [2.24, 2.45) is 0 Å². The Bertz CT molecular complexity index is 602. The lowest BCUT2D eigenvalue weighted by Crippen LogP contribution is -2.16. The lowest BCUT2D eigenvalue weighted by Gasteiger charge is -2.04. The van der Waals surface area contributed by atoms with Gasteiger partial charge >= 0.3 is 0 Å². The summed E-state index contributed by atoms with van der Waals surface area (Å²) in [5.74, 6) is 0.434. The van der Waals surface area contributed by atoms with Crippen molar-refractivity contribution in [2.45, 2.75) is 26.7 Å². The minimum absolute atomic E-state index is 0.0865. The van der Waals surface area contributed by atoms with Gasteiger partial charge in [0.25, 0.3) is 5.56 Å². The third kappa shape index (κ3) is 2.83. The molecule has 94 valence electrons. The number of aromatic nitrogens is 2. The number of aryl methyl sites for hydroxylation is 3. The van der Waals surface area contributed by atoms with E-state index >= 15 is 0 Å². The molecule has 1 heterocycles. The summed E-state index contributed by atoms with van der Waals surface area (Å²) in [6.45, 7) is 3.58. The number of halogens is 1. The Kier molecular flexibility index (Phi) is 3.55. The van der Waals surface area contributed by atoms with Gasteiger partial charge in [0, 0.05) is 17.7 Å². The van der Waals surface area contributed by atoms with Crippen LogP contribution in [0.15, 0.2) is 29.1 Å². The predicted octanol–water partition coefficient (Wildman–Crippen LogP) is 2.31. The Hall–Kier alpha value is -1.97. The normalized spacial score (nSPS) is 10.6. The largest absolute Gasteiger partial charge is 0.310 e. The first-order chi connectivity index (χ1) is 8.56. The molecule has 0 aliphatic rings. The maximum absolute atomic E-state index is 12.7. The standard InChI is InChI=1S/C14H15FN2O/c1-9-10(2)16-13(17-14(9)18)8-5-11-3-6-12(15)7-4-11/h3-4,6-7H,5,8H2,1-2H3,(H,16,17,18). The van der Waals surface area contributed by atoms with Crippen molar-refractivity contribution in [3.8, 4) is 0 Å². The lowest BCUT2D eigenvalue weighted by molar-refractivity contribution is 0.627. The van der Waals surface area contributed by atoms with E-state index in [2.05, 4.69) is 9.97 Å². The van der Waals surface area contributed by atoms with Gasteiger partial charge in [0.05, 0.1) is 0 Å². The van der Waals surface area contributed by atoms with Crippen molar-refractivity contribution >= 4 is 0 Å². The van der Waals surface area contributed by atoms with E-state index in [0.717, 1.165) is 17.7 Å². The van der Waals surface area contributed by atoms with E-state index in [1.54, 1.807) is 19.1 Å². The molecule has 0 unspecified atom stereocenters. The molecule has 1 aromatic heterocycles. The minimum Gasteiger partial charge on any atom is -0.310 e. The average molecular weight is 246 g/mol. The molecule has 0 amide bonds. The smallest absolute Gasteiger partial charge is 0.254 e. The Morgan fingerprint density at radius 2 is 1.83 bits per heavy atom. The highest BCUT2D eigenvalue weighted by Crippen LogP contribution is 2.06. The van der Waals surface area contributed by atoms with Crippen LogP contribution in [-0.4, -0.2) is 9.97 Å². The molecule has 0 bridgehead atoms. The fourth-order valence-corrected chi connectivity index (χ4v) is 1.74. The van der Waals surface area contributed by atoms with Gasteiger partial charge in [-0.05, 0) is 38.0 Å². The van der Waals surface area contributed by atoms with Gasteiger partial charge in [0.2, 0.25) is 0 Å². The molecule has 4 heteroatoms. The topological polar surface area (TPSA) is 45.8 Å². The van der Waals surface area contributed by atoms with Gasteiger partial charge < -0.3 is 4.98 Å². The molecule has 0 atom stereocenters. The molecule has 18 heavy (non-hydrogen) atoms. The van der Waals surface area contributed by atoms with E-state index in [1.807, 2.05) is 6.92 Å². The molecule has 0 fully saturated rings. The molecular weight excluding hydrogens is 231 g/mol. The van der Waals surface area contributed by atoms with Crippen molar-refractivity contribution in [2.75, 3.05) is 0 Å². The molecule has 0 saturated carbocycles. The van der Waals surface area contributed by atoms with Gasteiger partial charge in [0.15, 0.2) is 0 Å². The van der Waals surface area contributed by atoms with E-state index in [-0.39, 0.29) is 11.4 Å². The number of benzene rings is 1. The number of nitrogens with zero attached hydrogens (tertiary/aromatic N) is 1. The number of hydrogen-bond acceptors (Lipinski definition) is 2. The van der Waals surface area contributed by atoms with Crippen molar-refractivity contribution in [1.82, 2.24) is 9.97 Å². The first-order valence-electron chi connectivity index (χ1n) is 5.87. The second kappa shape index (κ2) is 5.12. The summed E-state index contributed by atoms with van der Waals surface area (Å²) in [5, 5.41) is 0. The first-order valence-corrected chi connectivity index (χ1v) is 5.87. The summed E-state index contributed by atoms with van der Waals surface area (Å²) in [6, 6.07) is 6.36. The van der Waals surface area contributed by atoms with Crippen LogP contribution in [0.5, 0.6) is 0 Å². The first kappa shape index (κ1) is 12.5. The van der Waals surface area contributed by atoms with Gasteiger partial charge in [0.1, 0.15) is 11.6 Å². The molecule has 1 aromatic carbocycles. The van der Waals surface area contributed by atoms with Crippen LogP contribution in [0.2, 0.25) is 0 Å². The zero-order valence-electron chi connectivity index (χ0n) is 10.5. The lowest BCUT2D eigenvalue weighted by atomic mass is 10.1. The molecule has 3 nitrogen and oxygen atoms in total. The van der Waals surface area contributed by atoms with Crippen molar-refractivity contribution < 1.29 is 4.39 Å². The van der Waals surface area contributed by atoms with E-state index in [0.29, 0.717) is 17.8 Å². The summed E-state index contributed by atoms with van der Waals surface area (Å²) < 4.78 is 12.7. The third-order valence-corrected chi connectivity index (χ3v) is 3.01. The highest BCUT2D eigenvalue weighted by molar-refractivity contribution is 5.18. The zero-order chi connectivity index (χ0) is 13.1. The zero-order valence-corrected chi connectivity index (χ0v) is 10.5. The van der Waals surface area contributed by atoms with Crippen LogP contribution in [0.4, 0.5) is 4.39 Å². The van der Waals surface area contributed by atoms with Gasteiger partial charge in [-0.2, -0.15) is 0 Å². The van der Waals surface area contributed by atoms with E-state index in [9.17, 15) is 9.18 Å². The molecule has 0 spiro atoms. The summed E-state index contributed by atoms with van der Waals surface area (Å²) >= 11 is 0. The quantitative estimate of drug-likeness (QED) is 0.903. The third-order valence-electron chi connectivity index (χ3n) is 3.01. The fraction of sp³-hybridized carbons (Fsp3) is 0.286. The molecule has 0 aliphatic heterocycles. The maximum Gasteiger partial charge on any atom is 0.254 e. The van der Waals surface area contributed by atoms with Gasteiger partial charge in [-0.1, -0.05) is 12.1 Å². The number of hydrogen-bond donors (Lipinski definition) is 1. The predicted molar refractivity (Wildman–Crippen MR) is 68.1 cm³/mol. The van der Waals surface area contributed by atoms with Gasteiger partial charge in [-0.3, -0.25) is 4.79 Å².